The number of aryl methyl sites for hydroxylation is 1. The van der Waals surface area contributed by atoms with Gasteiger partial charge in [-0.25, -0.2) is 4.98 Å². The number of imidazole rings is 1. The lowest BCUT2D eigenvalue weighted by Gasteiger charge is -2.39. The second kappa shape index (κ2) is 8.92. The van der Waals surface area contributed by atoms with Crippen LogP contribution in [0.1, 0.15) is 18.7 Å². The smallest absolute Gasteiger partial charge is 0.142 e. The van der Waals surface area contributed by atoms with Gasteiger partial charge in [0.1, 0.15) is 5.82 Å². The topological polar surface area (TPSA) is 65.8 Å². The first-order valence-corrected chi connectivity index (χ1v) is 11.5. The number of aromatic nitrogens is 2. The maximum atomic E-state index is 9.86. The number of dihydropyridines is 1. The Hall–Kier alpha value is -1.90. The summed E-state index contributed by atoms with van der Waals surface area (Å²) in [5.41, 5.74) is 3.01. The van der Waals surface area contributed by atoms with E-state index in [1.54, 1.807) is 0 Å². The van der Waals surface area contributed by atoms with E-state index in [2.05, 4.69) is 31.8 Å². The van der Waals surface area contributed by atoms with Crippen molar-refractivity contribution in [1.29, 1.82) is 0 Å². The van der Waals surface area contributed by atoms with Crippen molar-refractivity contribution in [3.63, 3.8) is 0 Å². The molecule has 166 valence electrons. The molecule has 7 nitrogen and oxygen atoms in total. The Labute approximate surface area is 187 Å². The number of likely N-dealkylation sites (tertiary alicyclic amines) is 1. The molecule has 2 aromatic rings. The average Bonchev–Trinajstić information content (AvgIpc) is 2.96. The van der Waals surface area contributed by atoms with Gasteiger partial charge in [-0.3, -0.25) is 9.80 Å². The van der Waals surface area contributed by atoms with Crippen molar-refractivity contribution in [2.45, 2.75) is 31.2 Å². The summed E-state index contributed by atoms with van der Waals surface area (Å²) in [5, 5.41) is 14.0. The monoisotopic (exact) mass is 443 g/mol. The third kappa shape index (κ3) is 4.25. The van der Waals surface area contributed by atoms with Crippen molar-refractivity contribution < 1.29 is 9.84 Å². The van der Waals surface area contributed by atoms with Crippen LogP contribution in [0.15, 0.2) is 41.6 Å². The van der Waals surface area contributed by atoms with Crippen molar-refractivity contribution in [2.75, 3.05) is 39.4 Å². The van der Waals surface area contributed by atoms with Crippen molar-refractivity contribution in [1.82, 2.24) is 24.7 Å². The molecule has 0 radical (unpaired) electrons. The van der Waals surface area contributed by atoms with E-state index < -0.39 is 0 Å². The second-order valence-corrected chi connectivity index (χ2v) is 9.07. The van der Waals surface area contributed by atoms with E-state index in [4.69, 9.17) is 21.3 Å². The predicted molar refractivity (Wildman–Crippen MR) is 123 cm³/mol. The van der Waals surface area contributed by atoms with E-state index >= 15 is 0 Å². The number of rotatable bonds is 3. The van der Waals surface area contributed by atoms with E-state index in [0.717, 1.165) is 68.1 Å². The highest BCUT2D eigenvalue weighted by atomic mass is 35.5. The van der Waals surface area contributed by atoms with Crippen LogP contribution in [0.5, 0.6) is 0 Å². The van der Waals surface area contributed by atoms with Gasteiger partial charge in [-0.15, -0.1) is 0 Å². The average molecular weight is 444 g/mol. The Morgan fingerprint density at radius 2 is 1.97 bits per heavy atom. The number of piperidine rings is 1. The number of fused-ring (bicyclic) bond motifs is 1. The summed E-state index contributed by atoms with van der Waals surface area (Å²) >= 11 is 6.62. The minimum atomic E-state index is -0.162. The molecule has 3 aliphatic rings. The van der Waals surface area contributed by atoms with Gasteiger partial charge in [0.15, 0.2) is 0 Å². The van der Waals surface area contributed by atoms with Crippen LogP contribution < -0.4 is 5.32 Å². The molecule has 3 aliphatic heterocycles. The standard InChI is InChI=1S/C23H30ClN5O2/c1-27-21-5-3-2-4-20(21)26-23(27)18-12-22(25-13-19(18)24)29-10-11-31-15-16(14-29)28-8-6-17(30)7-9-28/h2-5,12-13,16-17,22,25,30H,6-11,14-15H2,1H3. The van der Waals surface area contributed by atoms with Gasteiger partial charge in [0.05, 0.1) is 41.5 Å². The SMILES string of the molecule is Cn1c(C2=CC(N3CCOCC(N4CCC(O)CC4)C3)NC=C2Cl)nc2ccccc21. The molecule has 31 heavy (non-hydrogen) atoms. The maximum Gasteiger partial charge on any atom is 0.142 e. The number of benzene rings is 1. The number of aliphatic hydroxyl groups excluding tert-OH is 1. The van der Waals surface area contributed by atoms with Gasteiger partial charge >= 0.3 is 0 Å². The van der Waals surface area contributed by atoms with E-state index in [1.165, 1.54) is 0 Å². The molecule has 1 aromatic heterocycles. The van der Waals surface area contributed by atoms with E-state index in [0.29, 0.717) is 17.7 Å². The van der Waals surface area contributed by atoms with Crippen molar-refractivity contribution >= 4 is 28.2 Å². The molecule has 0 saturated carbocycles. The summed E-state index contributed by atoms with van der Waals surface area (Å²) in [4.78, 5) is 9.73. The number of aliphatic hydroxyl groups is 1. The van der Waals surface area contributed by atoms with Crippen molar-refractivity contribution in [3.05, 3.63) is 47.4 Å². The summed E-state index contributed by atoms with van der Waals surface area (Å²) in [5.74, 6) is 0.876. The lowest BCUT2D eigenvalue weighted by molar-refractivity contribution is 0.0277. The number of para-hydroxylation sites is 2. The minimum absolute atomic E-state index is 0.0249. The van der Waals surface area contributed by atoms with Gasteiger partial charge < -0.3 is 19.7 Å². The number of halogens is 1. The number of allylic oxidation sites excluding steroid dienone is 2. The molecule has 4 heterocycles. The second-order valence-electron chi connectivity index (χ2n) is 8.66. The van der Waals surface area contributed by atoms with Crippen LogP contribution in [0.4, 0.5) is 0 Å². The summed E-state index contributed by atoms with van der Waals surface area (Å²) in [6.07, 6.45) is 5.62. The zero-order chi connectivity index (χ0) is 21.4. The van der Waals surface area contributed by atoms with Crippen LogP contribution in [-0.2, 0) is 11.8 Å². The normalized spacial score (nSPS) is 26.9. The van der Waals surface area contributed by atoms with Crippen LogP contribution >= 0.6 is 11.6 Å². The molecule has 2 fully saturated rings. The molecule has 1 aromatic carbocycles. The molecular formula is C23H30ClN5O2. The molecule has 0 aliphatic carbocycles. The third-order valence-electron chi connectivity index (χ3n) is 6.68. The molecule has 5 rings (SSSR count). The fourth-order valence-electron chi connectivity index (χ4n) is 4.84. The molecule has 2 atom stereocenters. The van der Waals surface area contributed by atoms with Crippen LogP contribution in [0.3, 0.4) is 0 Å². The number of nitrogens with one attached hydrogen (secondary N) is 1. The van der Waals surface area contributed by atoms with Gasteiger partial charge in [-0.1, -0.05) is 23.7 Å². The molecule has 2 N–H and O–H groups in total. The highest BCUT2D eigenvalue weighted by Crippen LogP contribution is 2.31. The number of hydrogen-bond donors (Lipinski definition) is 2. The predicted octanol–water partition coefficient (Wildman–Crippen LogP) is 2.12. The number of nitrogens with zero attached hydrogens (tertiary/aromatic N) is 4. The number of hydrogen-bond acceptors (Lipinski definition) is 6. The quantitative estimate of drug-likeness (QED) is 0.757. The first kappa shape index (κ1) is 21.0. The summed E-state index contributed by atoms with van der Waals surface area (Å²) in [7, 11) is 2.04. The molecule has 8 heteroatoms. The molecule has 0 bridgehead atoms. The Morgan fingerprint density at radius 3 is 2.77 bits per heavy atom. The van der Waals surface area contributed by atoms with Gasteiger partial charge in [0, 0.05) is 51.0 Å². The van der Waals surface area contributed by atoms with E-state index in [9.17, 15) is 5.11 Å². The first-order chi connectivity index (χ1) is 15.1. The fourth-order valence-corrected chi connectivity index (χ4v) is 5.05. The Balaban J connectivity index is 1.39. The third-order valence-corrected chi connectivity index (χ3v) is 6.99. The highest BCUT2D eigenvalue weighted by molar-refractivity contribution is 6.37. The van der Waals surface area contributed by atoms with Crippen molar-refractivity contribution in [3.8, 4) is 0 Å². The van der Waals surface area contributed by atoms with Crippen LogP contribution in [0, 0.1) is 0 Å². The van der Waals surface area contributed by atoms with Gasteiger partial charge in [0.2, 0.25) is 0 Å². The fraction of sp³-hybridized carbons (Fsp3) is 0.522. The number of ether oxygens (including phenoxy) is 1. The highest BCUT2D eigenvalue weighted by Gasteiger charge is 2.31. The summed E-state index contributed by atoms with van der Waals surface area (Å²) in [6.45, 7) is 5.05. The van der Waals surface area contributed by atoms with E-state index in [-0.39, 0.29) is 12.3 Å². The largest absolute Gasteiger partial charge is 0.393 e. The molecule has 0 spiro atoms. The first-order valence-electron chi connectivity index (χ1n) is 11.1. The Kier molecular flexibility index (Phi) is 6.03. The van der Waals surface area contributed by atoms with E-state index in [1.807, 2.05) is 31.4 Å². The molecule has 0 amide bonds. The Morgan fingerprint density at radius 1 is 1.16 bits per heavy atom. The molecule has 2 unspecified atom stereocenters. The van der Waals surface area contributed by atoms with Crippen LogP contribution in [0.2, 0.25) is 0 Å². The lowest BCUT2D eigenvalue weighted by atomic mass is 10.1. The summed E-state index contributed by atoms with van der Waals surface area (Å²) < 4.78 is 8.05. The zero-order valence-electron chi connectivity index (χ0n) is 17.9. The molecular weight excluding hydrogens is 414 g/mol. The van der Waals surface area contributed by atoms with Crippen LogP contribution in [0.25, 0.3) is 16.6 Å². The zero-order valence-corrected chi connectivity index (χ0v) is 18.6. The lowest BCUT2D eigenvalue weighted by Crippen LogP contribution is -2.53. The summed E-state index contributed by atoms with van der Waals surface area (Å²) in [6, 6.07) is 8.47. The van der Waals surface area contributed by atoms with Crippen molar-refractivity contribution in [2.24, 2.45) is 7.05 Å². The minimum Gasteiger partial charge on any atom is -0.393 e. The molecule has 2 saturated heterocycles. The Bertz CT molecular complexity index is 995. The maximum absolute atomic E-state index is 9.86. The van der Waals surface area contributed by atoms with Gasteiger partial charge in [-0.05, 0) is 31.1 Å². The van der Waals surface area contributed by atoms with Crippen LogP contribution in [-0.4, -0.2) is 82.2 Å². The van der Waals surface area contributed by atoms with Gasteiger partial charge in [-0.2, -0.15) is 0 Å². The van der Waals surface area contributed by atoms with Gasteiger partial charge in [0.25, 0.3) is 0 Å².